The highest BCUT2D eigenvalue weighted by Crippen LogP contribution is 2.43. The molecule has 4 heterocycles. The second kappa shape index (κ2) is 11.0. The Morgan fingerprint density at radius 1 is 1.17 bits per heavy atom. The van der Waals surface area contributed by atoms with Gasteiger partial charge in [-0.1, -0.05) is 0 Å². The van der Waals surface area contributed by atoms with Crippen LogP contribution < -0.4 is 15.8 Å². The fourth-order valence-electron chi connectivity index (χ4n) is 4.26. The standard InChI is InChI=1S/C27H21F4N5O4S/c1-3-36-12(2)16(10-33-36)15-9-18(24(30)31)34-27-21(15)22(23(41-27)25(32)37)35-26(38)20-7-5-14(40-20)11-39-19-6-4-13(28)8-17(19)29/h4-10,24H,3,11H2,1-2H3,(H2,32,37)(H,35,38). The number of furan rings is 1. The van der Waals surface area contributed by atoms with E-state index in [0.29, 0.717) is 23.9 Å². The number of aromatic nitrogens is 3. The first-order valence-electron chi connectivity index (χ1n) is 12.1. The van der Waals surface area contributed by atoms with Crippen molar-refractivity contribution in [2.75, 3.05) is 5.32 Å². The van der Waals surface area contributed by atoms with Crippen molar-refractivity contribution >= 4 is 39.1 Å². The number of rotatable bonds is 9. The molecule has 0 unspecified atom stereocenters. The Bertz CT molecular complexity index is 1800. The Morgan fingerprint density at radius 3 is 2.61 bits per heavy atom. The second-order valence-corrected chi connectivity index (χ2v) is 9.79. The highest BCUT2D eigenvalue weighted by atomic mass is 32.1. The molecule has 5 rings (SSSR count). The summed E-state index contributed by atoms with van der Waals surface area (Å²) in [6.07, 6.45) is -1.39. The molecule has 2 amide bonds. The van der Waals surface area contributed by atoms with Gasteiger partial charge in [0.25, 0.3) is 18.2 Å². The summed E-state index contributed by atoms with van der Waals surface area (Å²) in [6, 6.07) is 6.76. The number of hydrogen-bond acceptors (Lipinski definition) is 7. The minimum atomic E-state index is -2.90. The zero-order valence-corrected chi connectivity index (χ0v) is 22.3. The lowest BCUT2D eigenvalue weighted by atomic mass is 10.0. The van der Waals surface area contributed by atoms with Crippen LogP contribution in [0.5, 0.6) is 5.75 Å². The van der Waals surface area contributed by atoms with Gasteiger partial charge in [-0.05, 0) is 49.7 Å². The van der Waals surface area contributed by atoms with Crippen LogP contribution in [-0.2, 0) is 13.2 Å². The highest BCUT2D eigenvalue weighted by molar-refractivity contribution is 7.21. The number of thiophene rings is 1. The number of benzene rings is 1. The van der Waals surface area contributed by atoms with Crippen molar-refractivity contribution in [2.45, 2.75) is 33.4 Å². The molecule has 0 atom stereocenters. The van der Waals surface area contributed by atoms with Crippen molar-refractivity contribution in [1.29, 1.82) is 0 Å². The van der Waals surface area contributed by atoms with Gasteiger partial charge in [0.15, 0.2) is 17.3 Å². The van der Waals surface area contributed by atoms with Crippen LogP contribution in [0.25, 0.3) is 21.3 Å². The lowest BCUT2D eigenvalue weighted by Gasteiger charge is -2.10. The molecule has 0 fully saturated rings. The van der Waals surface area contributed by atoms with Crippen LogP contribution in [0.2, 0.25) is 0 Å². The van der Waals surface area contributed by atoms with Crippen LogP contribution in [0.1, 0.15) is 50.7 Å². The first-order valence-corrected chi connectivity index (χ1v) is 12.9. The van der Waals surface area contributed by atoms with E-state index in [1.165, 1.54) is 24.4 Å². The number of nitrogens with zero attached hydrogens (tertiary/aromatic N) is 3. The number of amides is 2. The molecule has 0 bridgehead atoms. The monoisotopic (exact) mass is 587 g/mol. The van der Waals surface area contributed by atoms with Crippen LogP contribution in [-0.4, -0.2) is 26.6 Å². The molecule has 1 aromatic carbocycles. The molecular formula is C27H21F4N5O4S. The summed E-state index contributed by atoms with van der Waals surface area (Å²) < 4.78 is 67.0. The topological polar surface area (TPSA) is 125 Å². The van der Waals surface area contributed by atoms with E-state index in [2.05, 4.69) is 15.4 Å². The largest absolute Gasteiger partial charge is 0.483 e. The number of hydrogen-bond donors (Lipinski definition) is 2. The average Bonchev–Trinajstić information content (AvgIpc) is 3.65. The smallest absolute Gasteiger partial charge is 0.291 e. The molecule has 0 radical (unpaired) electrons. The van der Waals surface area contributed by atoms with E-state index in [1.807, 2.05) is 6.92 Å². The number of fused-ring (bicyclic) bond motifs is 1. The number of carbonyl (C=O) groups is 2. The molecule has 5 aromatic rings. The van der Waals surface area contributed by atoms with Gasteiger partial charge < -0.3 is 20.2 Å². The number of pyridine rings is 1. The molecule has 14 heteroatoms. The van der Waals surface area contributed by atoms with Crippen molar-refractivity contribution in [3.63, 3.8) is 0 Å². The zero-order valence-electron chi connectivity index (χ0n) is 21.5. The minimum absolute atomic E-state index is 0.0166. The van der Waals surface area contributed by atoms with E-state index in [1.54, 1.807) is 11.6 Å². The molecular weight excluding hydrogens is 566 g/mol. The molecule has 0 aliphatic heterocycles. The van der Waals surface area contributed by atoms with Crippen LogP contribution in [0.3, 0.4) is 0 Å². The molecule has 212 valence electrons. The maximum atomic E-state index is 13.9. The third-order valence-corrected chi connectivity index (χ3v) is 7.31. The summed E-state index contributed by atoms with van der Waals surface area (Å²) in [5.41, 5.74) is 6.54. The van der Waals surface area contributed by atoms with E-state index in [9.17, 15) is 27.2 Å². The fraction of sp³-hybridized carbons (Fsp3) is 0.185. The van der Waals surface area contributed by atoms with Crippen LogP contribution in [0, 0.1) is 18.6 Å². The van der Waals surface area contributed by atoms with Gasteiger partial charge >= 0.3 is 0 Å². The molecule has 0 aliphatic carbocycles. The number of alkyl halides is 2. The summed E-state index contributed by atoms with van der Waals surface area (Å²) in [6.45, 7) is 3.90. The lowest BCUT2D eigenvalue weighted by molar-refractivity contribution is 0.0992. The van der Waals surface area contributed by atoms with Gasteiger partial charge in [-0.15, -0.1) is 11.3 Å². The Balaban J connectivity index is 1.51. The number of nitrogens with two attached hydrogens (primary N) is 1. The third kappa shape index (κ3) is 5.37. The number of primary amides is 1. The predicted octanol–water partition coefficient (Wildman–Crippen LogP) is 6.23. The molecule has 0 saturated carbocycles. The minimum Gasteiger partial charge on any atom is -0.483 e. The normalized spacial score (nSPS) is 11.4. The number of aryl methyl sites for hydroxylation is 1. The Hall–Kier alpha value is -4.72. The molecule has 41 heavy (non-hydrogen) atoms. The van der Waals surface area contributed by atoms with Gasteiger partial charge in [0.05, 0.1) is 11.9 Å². The van der Waals surface area contributed by atoms with E-state index in [0.717, 1.165) is 23.5 Å². The Kier molecular flexibility index (Phi) is 7.49. The summed E-state index contributed by atoms with van der Waals surface area (Å²) in [5.74, 6) is -3.60. The van der Waals surface area contributed by atoms with Crippen molar-refractivity contribution in [3.8, 4) is 16.9 Å². The Morgan fingerprint density at radius 2 is 1.95 bits per heavy atom. The van der Waals surface area contributed by atoms with Crippen molar-refractivity contribution in [3.05, 3.63) is 82.0 Å². The molecule has 0 aliphatic rings. The molecule has 0 saturated heterocycles. The molecule has 3 N–H and O–H groups in total. The van der Waals surface area contributed by atoms with E-state index in [-0.39, 0.29) is 50.2 Å². The maximum absolute atomic E-state index is 13.9. The molecule has 4 aromatic heterocycles. The van der Waals surface area contributed by atoms with Gasteiger partial charge in [-0.3, -0.25) is 14.3 Å². The number of nitrogens with one attached hydrogen (secondary N) is 1. The van der Waals surface area contributed by atoms with Gasteiger partial charge in [0.1, 0.15) is 33.6 Å². The number of carbonyl (C=O) groups excluding carboxylic acids is 2. The van der Waals surface area contributed by atoms with E-state index in [4.69, 9.17) is 14.9 Å². The number of anilines is 1. The van der Waals surface area contributed by atoms with Gasteiger partial charge in [-0.25, -0.2) is 22.5 Å². The van der Waals surface area contributed by atoms with Crippen LogP contribution >= 0.6 is 11.3 Å². The number of ether oxygens (including phenoxy) is 1. The van der Waals surface area contributed by atoms with Gasteiger partial charge in [0, 0.05) is 29.3 Å². The predicted molar refractivity (Wildman–Crippen MR) is 142 cm³/mol. The summed E-state index contributed by atoms with van der Waals surface area (Å²) >= 11 is 0.768. The van der Waals surface area contributed by atoms with E-state index < -0.39 is 35.6 Å². The van der Waals surface area contributed by atoms with Crippen LogP contribution in [0.4, 0.5) is 23.2 Å². The zero-order chi connectivity index (χ0) is 29.4. The first-order chi connectivity index (χ1) is 19.6. The van der Waals surface area contributed by atoms with Crippen molar-refractivity contribution in [1.82, 2.24) is 14.8 Å². The average molecular weight is 588 g/mol. The van der Waals surface area contributed by atoms with Crippen molar-refractivity contribution in [2.24, 2.45) is 5.73 Å². The second-order valence-electron chi connectivity index (χ2n) is 8.79. The molecule has 0 spiro atoms. The Labute approximate surface area is 233 Å². The van der Waals surface area contributed by atoms with Gasteiger partial charge in [0.2, 0.25) is 0 Å². The summed E-state index contributed by atoms with van der Waals surface area (Å²) in [7, 11) is 0. The lowest BCUT2D eigenvalue weighted by Crippen LogP contribution is -2.16. The summed E-state index contributed by atoms with van der Waals surface area (Å²) in [5, 5.41) is 7.14. The summed E-state index contributed by atoms with van der Waals surface area (Å²) in [4.78, 5) is 29.5. The number of halogens is 4. The van der Waals surface area contributed by atoms with Crippen LogP contribution in [0.15, 0.2) is 47.0 Å². The quantitative estimate of drug-likeness (QED) is 0.197. The van der Waals surface area contributed by atoms with Crippen molar-refractivity contribution < 1.29 is 36.3 Å². The highest BCUT2D eigenvalue weighted by Gasteiger charge is 2.27. The maximum Gasteiger partial charge on any atom is 0.291 e. The van der Waals surface area contributed by atoms with E-state index >= 15 is 0 Å². The van der Waals surface area contributed by atoms with Gasteiger partial charge in [-0.2, -0.15) is 5.10 Å². The molecule has 9 nitrogen and oxygen atoms in total. The third-order valence-electron chi connectivity index (χ3n) is 6.21. The fourth-order valence-corrected chi connectivity index (χ4v) is 5.27. The first kappa shape index (κ1) is 27.8. The SMILES string of the molecule is CCn1ncc(-c2cc(C(F)F)nc3sc(C(N)=O)c(NC(=O)c4ccc(COc5ccc(F)cc5F)o4)c23)c1C.